The van der Waals surface area contributed by atoms with Gasteiger partial charge >= 0.3 is 0 Å². The minimum atomic E-state index is -1.74. The van der Waals surface area contributed by atoms with Crippen molar-refractivity contribution < 1.29 is 28.3 Å². The number of aldehydes is 2. The number of phenols is 1. The summed E-state index contributed by atoms with van der Waals surface area (Å²) in [5.41, 5.74) is 6.04. The van der Waals surface area contributed by atoms with Gasteiger partial charge in [0, 0.05) is 38.5 Å². The third kappa shape index (κ3) is 10.2. The van der Waals surface area contributed by atoms with Crippen LogP contribution in [-0.2, 0) is 14.4 Å². The van der Waals surface area contributed by atoms with Gasteiger partial charge in [0.15, 0.2) is 12.0 Å². The largest absolute Gasteiger partial charge is 0.507 e. The van der Waals surface area contributed by atoms with Crippen LogP contribution in [-0.4, -0.2) is 57.3 Å². The summed E-state index contributed by atoms with van der Waals surface area (Å²) >= 11 is 0. The van der Waals surface area contributed by atoms with Crippen molar-refractivity contribution in [3.8, 4) is 11.8 Å². The van der Waals surface area contributed by atoms with Gasteiger partial charge in [-0.3, -0.25) is 9.59 Å². The molecule has 2 aromatic rings. The van der Waals surface area contributed by atoms with Crippen LogP contribution in [0.25, 0.3) is 6.08 Å². The average Bonchev–Trinajstić information content (AvgIpc) is 3.03. The van der Waals surface area contributed by atoms with Gasteiger partial charge in [0.2, 0.25) is 0 Å². The van der Waals surface area contributed by atoms with Crippen LogP contribution in [0.4, 0.5) is 20.2 Å². The fourth-order valence-electron chi connectivity index (χ4n) is 6.68. The number of alkyl halides is 1. The number of carbonyl (C=O) groups excluding carboxylic acids is 3. The SMILES string of the molecule is C=O.CC.CC1(C)CC(C)(C)C1c1ccc(N2CCC(F)(C=O)CC2)c(F)c1.CN.CNc1c(C#N)ccc(O)c1/C=C\C=O. The summed E-state index contributed by atoms with van der Waals surface area (Å²) in [5.74, 6) is 0.114. The Labute approximate surface area is 267 Å². The van der Waals surface area contributed by atoms with Gasteiger partial charge in [-0.2, -0.15) is 5.26 Å². The fourth-order valence-corrected chi connectivity index (χ4v) is 6.68. The lowest BCUT2D eigenvalue weighted by atomic mass is 9.46. The highest BCUT2D eigenvalue weighted by atomic mass is 19.1. The Morgan fingerprint density at radius 1 is 1.07 bits per heavy atom. The van der Waals surface area contributed by atoms with Crippen molar-refractivity contribution in [1.82, 2.24) is 0 Å². The number of nitrogens with one attached hydrogen (secondary N) is 1. The molecule has 4 N–H and O–H groups in total. The normalized spacial score (nSPS) is 17.1. The van der Waals surface area contributed by atoms with E-state index in [-0.39, 0.29) is 35.2 Å². The van der Waals surface area contributed by atoms with Crippen LogP contribution in [0.2, 0.25) is 0 Å². The van der Waals surface area contributed by atoms with Crippen LogP contribution in [0.15, 0.2) is 36.4 Å². The lowest BCUT2D eigenvalue weighted by molar-refractivity contribution is -0.119. The maximum atomic E-state index is 14.7. The maximum Gasteiger partial charge on any atom is 0.169 e. The van der Waals surface area contributed by atoms with E-state index >= 15 is 0 Å². The number of hydrogen-bond donors (Lipinski definition) is 3. The van der Waals surface area contributed by atoms with Crippen LogP contribution in [0.3, 0.4) is 0 Å². The third-order valence-corrected chi connectivity index (χ3v) is 7.86. The summed E-state index contributed by atoms with van der Waals surface area (Å²) in [6, 6.07) is 10.4. The zero-order valence-electron chi connectivity index (χ0n) is 27.9. The summed E-state index contributed by atoms with van der Waals surface area (Å²) in [5, 5.41) is 21.2. The highest BCUT2D eigenvalue weighted by Gasteiger charge is 2.53. The van der Waals surface area contributed by atoms with E-state index < -0.39 is 5.67 Å². The number of nitrogens with zero attached hydrogens (tertiary/aromatic N) is 2. The third-order valence-electron chi connectivity index (χ3n) is 7.86. The minimum absolute atomic E-state index is 0.0245. The number of aromatic hydroxyl groups is 1. The van der Waals surface area contributed by atoms with Crippen LogP contribution in [0.5, 0.6) is 5.75 Å². The molecule has 4 rings (SSSR count). The summed E-state index contributed by atoms with van der Waals surface area (Å²) in [6.45, 7) is 15.7. The summed E-state index contributed by atoms with van der Waals surface area (Å²) in [7, 11) is 3.15. The van der Waals surface area contributed by atoms with E-state index in [1.54, 1.807) is 13.1 Å². The molecule has 2 fully saturated rings. The molecular weight excluding hydrogens is 578 g/mol. The fraction of sp³-hybridized carbons (Fsp3) is 0.486. The molecule has 8 nitrogen and oxygen atoms in total. The number of anilines is 2. The van der Waals surface area contributed by atoms with Gasteiger partial charge < -0.3 is 25.9 Å². The quantitative estimate of drug-likeness (QED) is 0.235. The number of nitrogens with two attached hydrogens (primary N) is 1. The Bertz CT molecular complexity index is 1300. The highest BCUT2D eigenvalue weighted by molar-refractivity contribution is 5.82. The van der Waals surface area contributed by atoms with Crippen molar-refractivity contribution in [3.05, 3.63) is 58.9 Å². The average molecular weight is 629 g/mol. The van der Waals surface area contributed by atoms with Gasteiger partial charge in [-0.15, -0.1) is 0 Å². The van der Waals surface area contributed by atoms with Crippen LogP contribution < -0.4 is 16.0 Å². The summed E-state index contributed by atoms with van der Waals surface area (Å²) in [6.07, 6.45) is 5.10. The summed E-state index contributed by atoms with van der Waals surface area (Å²) < 4.78 is 28.7. The zero-order valence-corrected chi connectivity index (χ0v) is 27.9. The summed E-state index contributed by atoms with van der Waals surface area (Å²) in [4.78, 5) is 30.8. The molecule has 248 valence electrons. The van der Waals surface area contributed by atoms with Crippen molar-refractivity contribution in [1.29, 1.82) is 5.26 Å². The number of carbonyl (C=O) groups is 3. The molecule has 0 radical (unpaired) electrons. The highest BCUT2D eigenvalue weighted by Crippen LogP contribution is 2.64. The van der Waals surface area contributed by atoms with E-state index in [0.717, 1.165) is 12.0 Å². The molecule has 0 aromatic heterocycles. The second-order valence-electron chi connectivity index (χ2n) is 11.7. The second kappa shape index (κ2) is 18.6. The number of rotatable bonds is 6. The van der Waals surface area contributed by atoms with Gasteiger partial charge in [-0.1, -0.05) is 47.6 Å². The molecule has 0 unspecified atom stereocenters. The Hall–Kier alpha value is -4.10. The molecule has 1 saturated heterocycles. The predicted octanol–water partition coefficient (Wildman–Crippen LogP) is 6.81. The van der Waals surface area contributed by atoms with Crippen LogP contribution >= 0.6 is 0 Å². The van der Waals surface area contributed by atoms with E-state index in [0.29, 0.717) is 54.1 Å². The molecule has 10 heteroatoms. The van der Waals surface area contributed by atoms with Gasteiger partial charge in [0.05, 0.1) is 16.9 Å². The number of piperidine rings is 1. The number of hydrogen-bond acceptors (Lipinski definition) is 8. The van der Waals surface area contributed by atoms with Gasteiger partial charge in [-0.25, -0.2) is 8.78 Å². The number of halogens is 2. The van der Waals surface area contributed by atoms with Gasteiger partial charge in [0.1, 0.15) is 30.7 Å². The van der Waals surface area contributed by atoms with E-state index in [9.17, 15) is 23.5 Å². The first-order valence-corrected chi connectivity index (χ1v) is 14.9. The van der Waals surface area contributed by atoms with E-state index in [2.05, 4.69) is 38.7 Å². The lowest BCUT2D eigenvalue weighted by Crippen LogP contribution is -2.48. The first-order valence-electron chi connectivity index (χ1n) is 14.9. The van der Waals surface area contributed by atoms with Crippen molar-refractivity contribution in [2.45, 2.75) is 72.4 Å². The van der Waals surface area contributed by atoms with Crippen LogP contribution in [0.1, 0.15) is 83.4 Å². The molecule has 0 spiro atoms. The first kappa shape index (κ1) is 40.9. The van der Waals surface area contributed by atoms with Gasteiger partial charge in [-0.05, 0) is 72.2 Å². The van der Waals surface area contributed by atoms with E-state index in [1.165, 1.54) is 31.3 Å². The molecule has 0 atom stereocenters. The van der Waals surface area contributed by atoms with Crippen LogP contribution in [0, 0.1) is 28.0 Å². The van der Waals surface area contributed by atoms with Crippen molar-refractivity contribution in [3.63, 3.8) is 0 Å². The molecule has 2 aliphatic rings. The zero-order chi connectivity index (χ0) is 35.0. The topological polar surface area (TPSA) is 137 Å². The van der Waals surface area contributed by atoms with E-state index in [4.69, 9.17) is 10.1 Å². The lowest BCUT2D eigenvalue weighted by Gasteiger charge is -2.58. The minimum Gasteiger partial charge on any atom is -0.507 e. The van der Waals surface area contributed by atoms with Crippen molar-refractivity contribution >= 4 is 36.8 Å². The van der Waals surface area contributed by atoms with Crippen molar-refractivity contribution in [2.24, 2.45) is 16.6 Å². The van der Waals surface area contributed by atoms with E-state index in [1.807, 2.05) is 43.7 Å². The molecular formula is C35H50F2N4O4. The molecule has 1 saturated carbocycles. The second-order valence-corrected chi connectivity index (χ2v) is 11.7. The molecule has 1 aliphatic carbocycles. The Morgan fingerprint density at radius 3 is 2.04 bits per heavy atom. The molecule has 1 aliphatic heterocycles. The molecule has 0 amide bonds. The Kier molecular flexibility index (Phi) is 16.9. The standard InChI is InChI=1S/C20H27F2NO.C11H10N2O2.C2H6.CH5N.CH2O/c1-18(2)12-19(3,4)17(18)14-5-6-16(15(21)11-14)23-9-7-20(22,13-24)8-10-23;1-13-11-8(7-12)4-5-10(15)9(11)3-2-6-14;3*1-2/h5-6,11,13,17H,7-10,12H2,1-4H3;2-6,13,15H,1H3;1-2H3;2H2,1H3;1H2/b;3-2-;;;. The monoisotopic (exact) mass is 628 g/mol. The predicted molar refractivity (Wildman–Crippen MR) is 179 cm³/mol. The Morgan fingerprint density at radius 2 is 1.62 bits per heavy atom. The Balaban J connectivity index is 0.000000795. The molecule has 0 bridgehead atoms. The number of allylic oxidation sites excluding steroid dienone is 1. The number of benzene rings is 2. The first-order chi connectivity index (χ1) is 21.3. The smallest absolute Gasteiger partial charge is 0.169 e. The number of nitriles is 1. The van der Waals surface area contributed by atoms with Crippen molar-refractivity contribution in [2.75, 3.05) is 37.4 Å². The van der Waals surface area contributed by atoms with Gasteiger partial charge in [0.25, 0.3) is 0 Å². The molecule has 45 heavy (non-hydrogen) atoms. The molecule has 2 aromatic carbocycles. The number of phenolic OH excluding ortho intramolecular Hbond substituents is 1. The molecule has 1 heterocycles. The maximum absolute atomic E-state index is 14.7.